The molecule has 0 aliphatic rings. The lowest BCUT2D eigenvalue weighted by Crippen LogP contribution is -1.97. The second kappa shape index (κ2) is 5.23. The first kappa shape index (κ1) is 11.3. The monoisotopic (exact) mass is 234 g/mol. The van der Waals surface area contributed by atoms with E-state index in [2.05, 4.69) is 0 Å². The van der Waals surface area contributed by atoms with E-state index in [1.807, 2.05) is 0 Å². The molecule has 0 saturated heterocycles. The molecule has 14 heavy (non-hydrogen) atoms. The highest BCUT2D eigenvalue weighted by atomic mass is 35.5. The van der Waals surface area contributed by atoms with Crippen molar-refractivity contribution in [2.75, 3.05) is 6.61 Å². The molecule has 0 atom stereocenters. The van der Waals surface area contributed by atoms with Gasteiger partial charge < -0.3 is 4.74 Å². The van der Waals surface area contributed by atoms with Crippen LogP contribution in [-0.2, 0) is 0 Å². The van der Waals surface area contributed by atoms with Crippen molar-refractivity contribution in [2.24, 2.45) is 0 Å². The Balaban J connectivity index is 2.68. The zero-order chi connectivity index (χ0) is 10.6. The van der Waals surface area contributed by atoms with E-state index in [9.17, 15) is 4.39 Å². The van der Waals surface area contributed by atoms with Crippen molar-refractivity contribution in [3.8, 4) is 5.75 Å². The maximum absolute atomic E-state index is 12.7. The van der Waals surface area contributed by atoms with Gasteiger partial charge in [-0.2, -0.15) is 0 Å². The predicted octanol–water partition coefficient (Wildman–Crippen LogP) is 4.25. The summed E-state index contributed by atoms with van der Waals surface area (Å²) in [5.74, 6) is 0.0871. The van der Waals surface area contributed by atoms with Crippen molar-refractivity contribution in [3.63, 3.8) is 0 Å². The Bertz CT molecular complexity index is 350. The van der Waals surface area contributed by atoms with Gasteiger partial charge >= 0.3 is 0 Å². The van der Waals surface area contributed by atoms with E-state index in [1.165, 1.54) is 6.08 Å². The van der Waals surface area contributed by atoms with Crippen LogP contribution in [0, 0.1) is 0 Å². The number of allylic oxidation sites excluding steroid dienone is 1. The van der Waals surface area contributed by atoms with E-state index < -0.39 is 0 Å². The zero-order valence-corrected chi connectivity index (χ0v) is 9.07. The minimum Gasteiger partial charge on any atom is -0.485 e. The fourth-order valence-corrected chi connectivity index (χ4v) is 1.29. The molecule has 4 heteroatoms. The molecule has 1 nitrogen and oxygen atoms in total. The number of hydrogen-bond donors (Lipinski definition) is 0. The topological polar surface area (TPSA) is 9.23 Å². The summed E-state index contributed by atoms with van der Waals surface area (Å²) < 4.78 is 17.8. The molecule has 0 heterocycles. The highest BCUT2D eigenvalue weighted by Gasteiger charge is 2.02. The van der Waals surface area contributed by atoms with Gasteiger partial charge in [0.15, 0.2) is 0 Å². The molecule has 1 rings (SSSR count). The Morgan fingerprint density at radius 3 is 2.79 bits per heavy atom. The molecular weight excluding hydrogens is 226 g/mol. The molecule has 0 radical (unpaired) electrons. The summed E-state index contributed by atoms with van der Waals surface area (Å²) in [4.78, 5) is 0. The van der Waals surface area contributed by atoms with Crippen molar-refractivity contribution in [2.45, 2.75) is 6.92 Å². The number of hydrogen-bond acceptors (Lipinski definition) is 1. The number of ether oxygens (including phenoxy) is 1. The first-order chi connectivity index (χ1) is 6.63. The van der Waals surface area contributed by atoms with E-state index >= 15 is 0 Å². The van der Waals surface area contributed by atoms with E-state index in [0.717, 1.165) is 0 Å². The van der Waals surface area contributed by atoms with Gasteiger partial charge in [0.25, 0.3) is 0 Å². The van der Waals surface area contributed by atoms with Crippen LogP contribution in [0.1, 0.15) is 6.92 Å². The Morgan fingerprint density at radius 1 is 1.50 bits per heavy atom. The third kappa shape index (κ3) is 3.20. The van der Waals surface area contributed by atoms with Gasteiger partial charge in [-0.25, -0.2) is 4.39 Å². The second-order valence-electron chi connectivity index (χ2n) is 2.60. The van der Waals surface area contributed by atoms with Crippen molar-refractivity contribution >= 4 is 23.2 Å². The van der Waals surface area contributed by atoms with E-state index in [1.54, 1.807) is 25.1 Å². The van der Waals surface area contributed by atoms with Crippen LogP contribution in [0.25, 0.3) is 0 Å². The Morgan fingerprint density at radius 2 is 2.21 bits per heavy atom. The molecule has 0 saturated carbocycles. The van der Waals surface area contributed by atoms with Crippen molar-refractivity contribution in [1.82, 2.24) is 0 Å². The Kier molecular flexibility index (Phi) is 4.23. The maximum atomic E-state index is 12.7. The minimum absolute atomic E-state index is 0.113. The van der Waals surface area contributed by atoms with Crippen LogP contribution in [0.5, 0.6) is 5.75 Å². The molecule has 0 aliphatic heterocycles. The van der Waals surface area contributed by atoms with Gasteiger partial charge in [0.2, 0.25) is 0 Å². The summed E-state index contributed by atoms with van der Waals surface area (Å²) in [6.45, 7) is 1.49. The first-order valence-electron chi connectivity index (χ1n) is 4.02. The summed E-state index contributed by atoms with van der Waals surface area (Å²) in [6.07, 6.45) is 1.34. The standard InChI is InChI=1S/C10H9Cl2FO/c1-2-8(13)6-14-10-4-3-7(11)5-9(10)12/h2-5H,6H2,1H3/b8-2+. The lowest BCUT2D eigenvalue weighted by Gasteiger charge is -2.06. The van der Waals surface area contributed by atoms with Crippen LogP contribution in [-0.4, -0.2) is 6.61 Å². The van der Waals surface area contributed by atoms with Gasteiger partial charge in [0.05, 0.1) is 5.02 Å². The molecule has 76 valence electrons. The van der Waals surface area contributed by atoms with Crippen LogP contribution in [0.15, 0.2) is 30.1 Å². The summed E-state index contributed by atoms with van der Waals surface area (Å²) in [5.41, 5.74) is 0. The number of halogens is 3. The maximum Gasteiger partial charge on any atom is 0.139 e. The minimum atomic E-state index is -0.337. The van der Waals surface area contributed by atoms with Crippen LogP contribution in [0.3, 0.4) is 0 Å². The molecular formula is C10H9Cl2FO. The summed E-state index contributed by atoms with van der Waals surface area (Å²) in [7, 11) is 0. The fraction of sp³-hybridized carbons (Fsp3) is 0.200. The lowest BCUT2D eigenvalue weighted by atomic mass is 10.3. The average Bonchev–Trinajstić information content (AvgIpc) is 2.16. The van der Waals surface area contributed by atoms with Gasteiger partial charge in [0, 0.05) is 5.02 Å². The van der Waals surface area contributed by atoms with Gasteiger partial charge in [0.1, 0.15) is 18.2 Å². The third-order valence-electron chi connectivity index (χ3n) is 1.57. The number of rotatable bonds is 3. The van der Waals surface area contributed by atoms with Crippen LogP contribution in [0.4, 0.5) is 4.39 Å². The van der Waals surface area contributed by atoms with Gasteiger partial charge in [-0.15, -0.1) is 0 Å². The molecule has 0 amide bonds. The molecule has 0 N–H and O–H groups in total. The quantitative estimate of drug-likeness (QED) is 0.761. The highest BCUT2D eigenvalue weighted by molar-refractivity contribution is 6.35. The molecule has 0 aromatic heterocycles. The Labute approximate surface area is 92.1 Å². The lowest BCUT2D eigenvalue weighted by molar-refractivity contribution is 0.319. The van der Waals surface area contributed by atoms with Crippen LogP contribution >= 0.6 is 23.2 Å². The first-order valence-corrected chi connectivity index (χ1v) is 4.77. The van der Waals surface area contributed by atoms with Crippen molar-refractivity contribution in [1.29, 1.82) is 0 Å². The molecule has 0 unspecified atom stereocenters. The molecule has 0 fully saturated rings. The molecule has 1 aromatic rings. The normalized spacial score (nSPS) is 11.6. The fourth-order valence-electron chi connectivity index (χ4n) is 0.822. The van der Waals surface area contributed by atoms with Crippen LogP contribution < -0.4 is 4.74 Å². The van der Waals surface area contributed by atoms with Gasteiger partial charge in [-0.05, 0) is 25.1 Å². The third-order valence-corrected chi connectivity index (χ3v) is 2.10. The molecule has 0 bridgehead atoms. The smallest absolute Gasteiger partial charge is 0.139 e. The zero-order valence-electron chi connectivity index (χ0n) is 7.56. The molecule has 0 aliphatic carbocycles. The largest absolute Gasteiger partial charge is 0.485 e. The average molecular weight is 235 g/mol. The summed E-state index contributed by atoms with van der Waals surface area (Å²) in [5, 5.41) is 0.898. The summed E-state index contributed by atoms with van der Waals surface area (Å²) in [6, 6.07) is 4.79. The van der Waals surface area contributed by atoms with Gasteiger partial charge in [-0.1, -0.05) is 29.3 Å². The highest BCUT2D eigenvalue weighted by Crippen LogP contribution is 2.27. The summed E-state index contributed by atoms with van der Waals surface area (Å²) >= 11 is 11.5. The van der Waals surface area contributed by atoms with E-state index in [4.69, 9.17) is 27.9 Å². The van der Waals surface area contributed by atoms with Crippen molar-refractivity contribution in [3.05, 3.63) is 40.1 Å². The SMILES string of the molecule is C/C=C(/F)COc1ccc(Cl)cc1Cl. The van der Waals surface area contributed by atoms with E-state index in [-0.39, 0.29) is 12.4 Å². The predicted molar refractivity (Wildman–Crippen MR) is 56.8 cm³/mol. The van der Waals surface area contributed by atoms with E-state index in [0.29, 0.717) is 15.8 Å². The molecule has 1 aromatic carbocycles. The van der Waals surface area contributed by atoms with Crippen molar-refractivity contribution < 1.29 is 9.13 Å². The van der Waals surface area contributed by atoms with Crippen LogP contribution in [0.2, 0.25) is 10.0 Å². The second-order valence-corrected chi connectivity index (χ2v) is 3.44. The van der Waals surface area contributed by atoms with Gasteiger partial charge in [-0.3, -0.25) is 0 Å². The molecule has 0 spiro atoms. The Hall–Kier alpha value is -0.730. The number of benzene rings is 1.